The van der Waals surface area contributed by atoms with E-state index in [0.717, 1.165) is 12.0 Å². The molecule has 1 aromatic rings. The number of oxime groups is 1. The van der Waals surface area contributed by atoms with Gasteiger partial charge in [-0.25, -0.2) is 0 Å². The van der Waals surface area contributed by atoms with Crippen LogP contribution in [0.1, 0.15) is 18.9 Å². The Bertz CT molecular complexity index is 690. The summed E-state index contributed by atoms with van der Waals surface area (Å²) in [6.45, 7) is 1.69. The largest absolute Gasteiger partial charge is 0.411 e. The molecular formula is C17H16N2O3. The maximum atomic E-state index is 12.7. The van der Waals surface area contributed by atoms with Crippen molar-refractivity contribution in [3.05, 3.63) is 42.0 Å². The zero-order valence-corrected chi connectivity index (χ0v) is 12.1. The molecular weight excluding hydrogens is 280 g/mol. The summed E-state index contributed by atoms with van der Waals surface area (Å²) in [5.74, 6) is -0.0656. The molecule has 112 valence electrons. The topological polar surface area (TPSA) is 70.0 Å². The van der Waals surface area contributed by atoms with Gasteiger partial charge in [-0.05, 0) is 42.9 Å². The van der Waals surface area contributed by atoms with Crippen LogP contribution in [0.25, 0.3) is 0 Å². The molecule has 5 nitrogen and oxygen atoms in total. The second-order valence-electron chi connectivity index (χ2n) is 6.24. The van der Waals surface area contributed by atoms with Gasteiger partial charge in [-0.3, -0.25) is 14.5 Å². The average molecular weight is 296 g/mol. The molecule has 0 radical (unpaired) electrons. The van der Waals surface area contributed by atoms with Crippen molar-refractivity contribution in [1.29, 1.82) is 0 Å². The molecule has 3 aliphatic rings. The van der Waals surface area contributed by atoms with E-state index in [1.807, 2.05) is 0 Å². The Morgan fingerprint density at radius 2 is 1.64 bits per heavy atom. The number of imide groups is 1. The highest BCUT2D eigenvalue weighted by atomic mass is 16.4. The molecule has 0 unspecified atom stereocenters. The van der Waals surface area contributed by atoms with E-state index in [0.29, 0.717) is 11.4 Å². The first-order valence-electron chi connectivity index (χ1n) is 7.47. The molecule has 4 atom stereocenters. The highest BCUT2D eigenvalue weighted by Gasteiger charge is 2.59. The number of allylic oxidation sites excluding steroid dienone is 2. The molecule has 5 heteroatoms. The van der Waals surface area contributed by atoms with E-state index in [1.165, 1.54) is 4.90 Å². The lowest BCUT2D eigenvalue weighted by atomic mass is 9.85. The first-order valence-corrected chi connectivity index (χ1v) is 7.47. The van der Waals surface area contributed by atoms with Crippen LogP contribution in [0.4, 0.5) is 5.69 Å². The van der Waals surface area contributed by atoms with Crippen molar-refractivity contribution in [2.24, 2.45) is 28.8 Å². The Balaban J connectivity index is 1.67. The summed E-state index contributed by atoms with van der Waals surface area (Å²) in [6, 6.07) is 6.98. The summed E-state index contributed by atoms with van der Waals surface area (Å²) in [6.07, 6.45) is 5.11. The third-order valence-electron chi connectivity index (χ3n) is 5.16. The quantitative estimate of drug-likeness (QED) is 0.299. The van der Waals surface area contributed by atoms with Crippen LogP contribution in [0, 0.1) is 23.7 Å². The van der Waals surface area contributed by atoms with E-state index in [4.69, 9.17) is 5.21 Å². The van der Waals surface area contributed by atoms with Crippen molar-refractivity contribution in [3.63, 3.8) is 0 Å². The minimum absolute atomic E-state index is 0.0767. The number of carbonyl (C=O) groups excluding carboxylic acids is 2. The molecule has 1 aliphatic heterocycles. The second-order valence-corrected chi connectivity index (χ2v) is 6.24. The lowest BCUT2D eigenvalue weighted by molar-refractivity contribution is -0.123. The molecule has 1 saturated heterocycles. The maximum absolute atomic E-state index is 12.7. The maximum Gasteiger partial charge on any atom is 0.238 e. The zero-order chi connectivity index (χ0) is 15.4. The molecule has 1 saturated carbocycles. The predicted molar refractivity (Wildman–Crippen MR) is 80.6 cm³/mol. The molecule has 0 spiro atoms. The van der Waals surface area contributed by atoms with Crippen molar-refractivity contribution in [2.45, 2.75) is 13.3 Å². The van der Waals surface area contributed by atoms with Gasteiger partial charge in [0.1, 0.15) is 0 Å². The SMILES string of the molecule is C/C(=N\O)c1ccc(N2C(=O)[C@@H]3[C@H](C2=O)[C@H]2C=C[C@@H]3C2)cc1. The van der Waals surface area contributed by atoms with Gasteiger partial charge in [0.2, 0.25) is 11.8 Å². The summed E-state index contributed by atoms with van der Waals surface area (Å²) in [5, 5.41) is 11.9. The van der Waals surface area contributed by atoms with Crippen molar-refractivity contribution < 1.29 is 14.8 Å². The molecule has 1 N–H and O–H groups in total. The number of amides is 2. The first-order chi connectivity index (χ1) is 10.6. The summed E-state index contributed by atoms with van der Waals surface area (Å²) >= 11 is 0. The van der Waals surface area contributed by atoms with Gasteiger partial charge in [0.25, 0.3) is 0 Å². The number of hydrogen-bond acceptors (Lipinski definition) is 4. The Morgan fingerprint density at radius 1 is 1.09 bits per heavy atom. The fourth-order valence-corrected chi connectivity index (χ4v) is 4.07. The molecule has 22 heavy (non-hydrogen) atoms. The standard InChI is InChI=1S/C17H16N2O3/c1-9(18-22)10-4-6-13(7-5-10)19-16(20)14-11-2-3-12(8-11)15(14)17(19)21/h2-7,11-12,14-15,22H,8H2,1H3/b18-9+/t11-,12+,14+,15-. The molecule has 0 aromatic heterocycles. The summed E-state index contributed by atoms with van der Waals surface area (Å²) < 4.78 is 0. The number of carbonyl (C=O) groups is 2. The minimum Gasteiger partial charge on any atom is -0.411 e. The monoisotopic (exact) mass is 296 g/mol. The summed E-state index contributed by atoms with van der Waals surface area (Å²) in [5.41, 5.74) is 1.84. The van der Waals surface area contributed by atoms with Gasteiger partial charge >= 0.3 is 0 Å². The van der Waals surface area contributed by atoms with Crippen LogP contribution in [-0.4, -0.2) is 22.7 Å². The molecule has 2 amide bonds. The smallest absolute Gasteiger partial charge is 0.238 e. The average Bonchev–Trinajstić information content (AvgIpc) is 3.21. The van der Waals surface area contributed by atoms with Gasteiger partial charge in [0, 0.05) is 0 Å². The second kappa shape index (κ2) is 4.53. The van der Waals surface area contributed by atoms with Crippen LogP contribution < -0.4 is 4.90 Å². The number of fused-ring (bicyclic) bond motifs is 5. The molecule has 1 aromatic carbocycles. The van der Waals surface area contributed by atoms with Crippen LogP contribution in [0.3, 0.4) is 0 Å². The Hall–Kier alpha value is -2.43. The Morgan fingerprint density at radius 3 is 2.14 bits per heavy atom. The number of anilines is 1. The van der Waals surface area contributed by atoms with E-state index in [9.17, 15) is 9.59 Å². The molecule has 2 bridgehead atoms. The fraction of sp³-hybridized carbons (Fsp3) is 0.353. The van der Waals surface area contributed by atoms with E-state index < -0.39 is 0 Å². The minimum atomic E-state index is -0.178. The van der Waals surface area contributed by atoms with Crippen molar-refractivity contribution in [1.82, 2.24) is 0 Å². The summed E-state index contributed by atoms with van der Waals surface area (Å²) in [4.78, 5) is 26.7. The fourth-order valence-electron chi connectivity index (χ4n) is 4.07. The highest BCUT2D eigenvalue weighted by molar-refractivity contribution is 6.22. The van der Waals surface area contributed by atoms with E-state index in [1.54, 1.807) is 31.2 Å². The first kappa shape index (κ1) is 13.2. The molecule has 2 fully saturated rings. The van der Waals surface area contributed by atoms with E-state index >= 15 is 0 Å². The third-order valence-corrected chi connectivity index (χ3v) is 5.16. The highest BCUT2D eigenvalue weighted by Crippen LogP contribution is 2.53. The van der Waals surface area contributed by atoms with Crippen LogP contribution in [0.15, 0.2) is 41.6 Å². The third kappa shape index (κ3) is 1.62. The Labute approximate surface area is 127 Å². The van der Waals surface area contributed by atoms with Crippen LogP contribution in [0.5, 0.6) is 0 Å². The molecule has 1 heterocycles. The van der Waals surface area contributed by atoms with Crippen molar-refractivity contribution in [2.75, 3.05) is 4.90 Å². The lowest BCUT2D eigenvalue weighted by Gasteiger charge is -2.17. The van der Waals surface area contributed by atoms with Gasteiger partial charge in [-0.1, -0.05) is 29.4 Å². The van der Waals surface area contributed by atoms with E-state index in [2.05, 4.69) is 17.3 Å². The normalized spacial score (nSPS) is 33.0. The molecule has 2 aliphatic carbocycles. The van der Waals surface area contributed by atoms with Gasteiger partial charge in [0.05, 0.1) is 23.2 Å². The predicted octanol–water partition coefficient (Wildman–Crippen LogP) is 2.20. The number of nitrogens with zero attached hydrogens (tertiary/aromatic N) is 2. The zero-order valence-electron chi connectivity index (χ0n) is 12.1. The number of rotatable bonds is 2. The van der Waals surface area contributed by atoms with Crippen LogP contribution in [-0.2, 0) is 9.59 Å². The lowest BCUT2D eigenvalue weighted by Crippen LogP contribution is -2.32. The van der Waals surface area contributed by atoms with Gasteiger partial charge in [0.15, 0.2) is 0 Å². The van der Waals surface area contributed by atoms with E-state index in [-0.39, 0.29) is 35.5 Å². The summed E-state index contributed by atoms with van der Waals surface area (Å²) in [7, 11) is 0. The van der Waals surface area contributed by atoms with Gasteiger partial charge in [-0.15, -0.1) is 0 Å². The number of benzene rings is 1. The number of hydrogen-bond donors (Lipinski definition) is 1. The van der Waals surface area contributed by atoms with Crippen molar-refractivity contribution in [3.8, 4) is 0 Å². The van der Waals surface area contributed by atoms with Crippen LogP contribution >= 0.6 is 0 Å². The van der Waals surface area contributed by atoms with Crippen LogP contribution in [0.2, 0.25) is 0 Å². The molecule has 4 rings (SSSR count). The van der Waals surface area contributed by atoms with Gasteiger partial charge in [-0.2, -0.15) is 0 Å². The Kier molecular flexibility index (Phi) is 2.73. The van der Waals surface area contributed by atoms with Crippen molar-refractivity contribution >= 4 is 23.2 Å². The van der Waals surface area contributed by atoms with Gasteiger partial charge < -0.3 is 5.21 Å².